The summed E-state index contributed by atoms with van der Waals surface area (Å²) in [7, 11) is 0. The second kappa shape index (κ2) is 5.18. The molecule has 1 aromatic heterocycles. The second-order valence-corrected chi connectivity index (χ2v) is 4.99. The molecule has 0 saturated carbocycles. The van der Waals surface area contributed by atoms with Crippen LogP contribution in [0.1, 0.15) is 26.6 Å². The predicted octanol–water partition coefficient (Wildman–Crippen LogP) is 3.04. The van der Waals surface area contributed by atoms with Crippen LogP contribution in [0.4, 0.5) is 0 Å². The summed E-state index contributed by atoms with van der Waals surface area (Å²) in [6.45, 7) is 4.17. The van der Waals surface area contributed by atoms with Gasteiger partial charge in [-0.3, -0.25) is 0 Å². The fraction of sp³-hybridized carbons (Fsp3) is 0.231. The largest absolute Gasteiger partial charge is 0.487 e. The molecule has 0 aliphatic carbocycles. The first-order valence-electron chi connectivity index (χ1n) is 5.44. The van der Waals surface area contributed by atoms with Gasteiger partial charge in [-0.05, 0) is 31.5 Å². The third-order valence-corrected chi connectivity index (χ3v) is 3.30. The highest BCUT2D eigenvalue weighted by Gasteiger charge is 2.08. The molecule has 0 atom stereocenters. The quantitative estimate of drug-likeness (QED) is 0.921. The summed E-state index contributed by atoms with van der Waals surface area (Å²) < 4.78 is 5.61. The van der Waals surface area contributed by atoms with Gasteiger partial charge in [0.15, 0.2) is 0 Å². The maximum Gasteiger partial charge on any atom is 0.335 e. The summed E-state index contributed by atoms with van der Waals surface area (Å²) in [6, 6.07) is 4.85. The van der Waals surface area contributed by atoms with E-state index in [-0.39, 0.29) is 5.56 Å². The van der Waals surface area contributed by atoms with Crippen molar-refractivity contribution in [2.75, 3.05) is 0 Å². The maximum atomic E-state index is 10.9. The van der Waals surface area contributed by atoms with Gasteiger partial charge in [0, 0.05) is 5.38 Å². The Morgan fingerprint density at radius 2 is 2.22 bits per heavy atom. The second-order valence-electron chi connectivity index (χ2n) is 3.93. The van der Waals surface area contributed by atoms with E-state index in [4.69, 9.17) is 9.84 Å². The Balaban J connectivity index is 2.13. The molecular formula is C13H13NO3S. The van der Waals surface area contributed by atoms with Gasteiger partial charge in [0.1, 0.15) is 12.4 Å². The van der Waals surface area contributed by atoms with Gasteiger partial charge < -0.3 is 9.84 Å². The molecule has 0 amide bonds. The van der Waals surface area contributed by atoms with Crippen LogP contribution in [0.5, 0.6) is 5.75 Å². The van der Waals surface area contributed by atoms with Crippen LogP contribution in [-0.2, 0) is 6.61 Å². The molecule has 5 heteroatoms. The van der Waals surface area contributed by atoms with Crippen LogP contribution < -0.4 is 4.74 Å². The number of thiazole rings is 1. The number of hydrogen-bond acceptors (Lipinski definition) is 4. The van der Waals surface area contributed by atoms with E-state index in [0.717, 1.165) is 16.3 Å². The van der Waals surface area contributed by atoms with Gasteiger partial charge in [0.25, 0.3) is 0 Å². The molecule has 94 valence electrons. The zero-order valence-electron chi connectivity index (χ0n) is 10.1. The number of carboxylic acid groups (broad SMARTS) is 1. The van der Waals surface area contributed by atoms with E-state index in [0.29, 0.717) is 12.4 Å². The van der Waals surface area contributed by atoms with Crippen LogP contribution >= 0.6 is 11.3 Å². The highest BCUT2D eigenvalue weighted by atomic mass is 32.1. The Hall–Kier alpha value is -1.88. The number of aromatic carboxylic acids is 1. The topological polar surface area (TPSA) is 59.4 Å². The van der Waals surface area contributed by atoms with Gasteiger partial charge in [-0.2, -0.15) is 0 Å². The number of hydrogen-bond donors (Lipinski definition) is 1. The van der Waals surface area contributed by atoms with Gasteiger partial charge in [0.05, 0.1) is 16.3 Å². The molecular weight excluding hydrogens is 250 g/mol. The first-order chi connectivity index (χ1) is 8.56. The van der Waals surface area contributed by atoms with Crippen molar-refractivity contribution in [2.24, 2.45) is 0 Å². The van der Waals surface area contributed by atoms with Crippen molar-refractivity contribution in [3.8, 4) is 5.75 Å². The number of carbonyl (C=O) groups is 1. The predicted molar refractivity (Wildman–Crippen MR) is 69.3 cm³/mol. The minimum atomic E-state index is -0.954. The van der Waals surface area contributed by atoms with Crippen LogP contribution in [0, 0.1) is 13.8 Å². The molecule has 18 heavy (non-hydrogen) atoms. The molecule has 4 nitrogen and oxygen atoms in total. The summed E-state index contributed by atoms with van der Waals surface area (Å²) in [5.41, 5.74) is 2.00. The number of aryl methyl sites for hydroxylation is 2. The smallest absolute Gasteiger partial charge is 0.335 e. The van der Waals surface area contributed by atoms with Crippen molar-refractivity contribution in [2.45, 2.75) is 20.5 Å². The lowest BCUT2D eigenvalue weighted by molar-refractivity contribution is 0.0696. The molecule has 2 rings (SSSR count). The van der Waals surface area contributed by atoms with Crippen LogP contribution in [0.15, 0.2) is 23.6 Å². The SMILES string of the molecule is Cc1nc(COc2cc(C(=O)O)ccc2C)cs1. The summed E-state index contributed by atoms with van der Waals surface area (Å²) in [5, 5.41) is 11.8. The van der Waals surface area contributed by atoms with Gasteiger partial charge >= 0.3 is 5.97 Å². The van der Waals surface area contributed by atoms with Crippen LogP contribution in [0.25, 0.3) is 0 Å². The molecule has 0 unspecified atom stereocenters. The van der Waals surface area contributed by atoms with Crippen molar-refractivity contribution in [1.82, 2.24) is 4.98 Å². The van der Waals surface area contributed by atoms with E-state index in [2.05, 4.69) is 4.98 Å². The highest BCUT2D eigenvalue weighted by molar-refractivity contribution is 7.09. The van der Waals surface area contributed by atoms with Crippen LogP contribution in [-0.4, -0.2) is 16.1 Å². The molecule has 0 fully saturated rings. The molecule has 1 aromatic carbocycles. The van der Waals surface area contributed by atoms with Crippen molar-refractivity contribution < 1.29 is 14.6 Å². The van der Waals surface area contributed by atoms with Crippen molar-refractivity contribution >= 4 is 17.3 Å². The number of ether oxygens (including phenoxy) is 1. The van der Waals surface area contributed by atoms with E-state index in [1.54, 1.807) is 23.5 Å². The molecule has 0 aliphatic heterocycles. The molecule has 0 saturated heterocycles. The van der Waals surface area contributed by atoms with E-state index >= 15 is 0 Å². The minimum absolute atomic E-state index is 0.227. The zero-order valence-corrected chi connectivity index (χ0v) is 11.0. The van der Waals surface area contributed by atoms with Gasteiger partial charge in [-0.25, -0.2) is 9.78 Å². The number of nitrogens with zero attached hydrogens (tertiary/aromatic N) is 1. The summed E-state index contributed by atoms with van der Waals surface area (Å²) >= 11 is 1.57. The van der Waals surface area contributed by atoms with E-state index < -0.39 is 5.97 Å². The molecule has 0 radical (unpaired) electrons. The van der Waals surface area contributed by atoms with Crippen molar-refractivity contribution in [3.05, 3.63) is 45.4 Å². The van der Waals surface area contributed by atoms with Crippen molar-refractivity contribution in [3.63, 3.8) is 0 Å². The molecule has 2 aromatic rings. The van der Waals surface area contributed by atoms with Crippen LogP contribution in [0.2, 0.25) is 0 Å². The van der Waals surface area contributed by atoms with Gasteiger partial charge in [-0.1, -0.05) is 6.07 Å². The Kier molecular flexibility index (Phi) is 3.62. The third-order valence-electron chi connectivity index (χ3n) is 2.48. The number of benzene rings is 1. The summed E-state index contributed by atoms with van der Waals surface area (Å²) in [6.07, 6.45) is 0. The molecule has 0 bridgehead atoms. The van der Waals surface area contributed by atoms with Crippen molar-refractivity contribution in [1.29, 1.82) is 0 Å². The Bertz CT molecular complexity index is 577. The lowest BCUT2D eigenvalue weighted by Crippen LogP contribution is -2.01. The zero-order chi connectivity index (χ0) is 13.1. The van der Waals surface area contributed by atoms with E-state index in [1.165, 1.54) is 6.07 Å². The van der Waals surface area contributed by atoms with Gasteiger partial charge in [-0.15, -0.1) is 11.3 Å². The third kappa shape index (κ3) is 2.87. The lowest BCUT2D eigenvalue weighted by atomic mass is 10.1. The lowest BCUT2D eigenvalue weighted by Gasteiger charge is -2.08. The number of carboxylic acids is 1. The summed E-state index contributed by atoms with van der Waals surface area (Å²) in [4.78, 5) is 15.2. The fourth-order valence-electron chi connectivity index (χ4n) is 1.51. The average molecular weight is 263 g/mol. The first-order valence-corrected chi connectivity index (χ1v) is 6.32. The fourth-order valence-corrected chi connectivity index (χ4v) is 2.11. The van der Waals surface area contributed by atoms with E-state index in [9.17, 15) is 4.79 Å². The Morgan fingerprint density at radius 3 is 2.83 bits per heavy atom. The normalized spacial score (nSPS) is 10.3. The molecule has 0 spiro atoms. The molecule has 1 heterocycles. The maximum absolute atomic E-state index is 10.9. The Morgan fingerprint density at radius 1 is 1.44 bits per heavy atom. The number of rotatable bonds is 4. The Labute approximate surface area is 109 Å². The molecule has 0 aliphatic rings. The molecule has 1 N–H and O–H groups in total. The standard InChI is InChI=1S/C13H13NO3S/c1-8-3-4-10(13(15)16)5-12(8)17-6-11-7-18-9(2)14-11/h3-5,7H,6H2,1-2H3,(H,15,16). The minimum Gasteiger partial charge on any atom is -0.487 e. The first kappa shape index (κ1) is 12.6. The van der Waals surface area contributed by atoms with Crippen LogP contribution in [0.3, 0.4) is 0 Å². The average Bonchev–Trinajstić information content (AvgIpc) is 2.74. The van der Waals surface area contributed by atoms with Gasteiger partial charge in [0.2, 0.25) is 0 Å². The number of aromatic nitrogens is 1. The van der Waals surface area contributed by atoms with E-state index in [1.807, 2.05) is 19.2 Å². The highest BCUT2D eigenvalue weighted by Crippen LogP contribution is 2.21. The summed E-state index contributed by atoms with van der Waals surface area (Å²) in [5.74, 6) is -0.370. The monoisotopic (exact) mass is 263 g/mol.